The molecule has 0 aliphatic heterocycles. The van der Waals surface area contributed by atoms with Crippen LogP contribution in [0.3, 0.4) is 0 Å². The summed E-state index contributed by atoms with van der Waals surface area (Å²) in [6, 6.07) is 20.1. The quantitative estimate of drug-likeness (QED) is 0.345. The van der Waals surface area contributed by atoms with Gasteiger partial charge in [-0.05, 0) is 74.2 Å². The van der Waals surface area contributed by atoms with Gasteiger partial charge in [-0.3, -0.25) is 0 Å². The van der Waals surface area contributed by atoms with Crippen molar-refractivity contribution < 1.29 is 13.9 Å². The van der Waals surface area contributed by atoms with Crippen molar-refractivity contribution >= 4 is 14.7 Å². The van der Waals surface area contributed by atoms with Crippen molar-refractivity contribution in [3.8, 4) is 17.2 Å². The monoisotopic (exact) mass is 408 g/mol. The van der Waals surface area contributed by atoms with Crippen LogP contribution in [-0.2, 0) is 6.42 Å². The molecule has 29 heavy (non-hydrogen) atoms. The second-order valence-corrected chi connectivity index (χ2v) is 9.26. The van der Waals surface area contributed by atoms with Gasteiger partial charge in [0.2, 0.25) is 0 Å². The zero-order valence-corrected chi connectivity index (χ0v) is 18.9. The first-order chi connectivity index (χ1) is 14.1. The number of ether oxygens (including phenoxy) is 2. The molecule has 3 aromatic rings. The number of para-hydroxylation sites is 1. The number of hydrogen-bond acceptors (Lipinski definition) is 2. The first-order valence-electron chi connectivity index (χ1n) is 10.3. The molecule has 4 heteroatoms. The normalized spacial score (nSPS) is 11.2. The van der Waals surface area contributed by atoms with Gasteiger partial charge in [0.25, 0.3) is 0 Å². The second kappa shape index (κ2) is 10.3. The minimum atomic E-state index is -0.333. The van der Waals surface area contributed by atoms with E-state index >= 15 is 0 Å². The topological polar surface area (TPSA) is 18.5 Å². The molecule has 0 N–H and O–H groups in total. The minimum absolute atomic E-state index is 0.295. The molecule has 0 atom stereocenters. The molecule has 0 unspecified atom stereocenters. The standard InChI is InChI=1S/C25H29FO2Si/c1-4-27-23-14-15-25(19(3)18(23)2)29-16-8-9-20-12-13-22(26)24(17-20)28-21-10-6-5-7-11-21/h5-7,10-15,17H,4,8-9,16,29H2,1-3H3. The van der Waals surface area contributed by atoms with E-state index in [0.29, 0.717) is 18.1 Å². The van der Waals surface area contributed by atoms with Gasteiger partial charge in [0.15, 0.2) is 11.6 Å². The van der Waals surface area contributed by atoms with Crippen molar-refractivity contribution in [2.45, 2.75) is 39.7 Å². The average Bonchev–Trinajstić information content (AvgIpc) is 2.73. The number of rotatable bonds is 9. The maximum absolute atomic E-state index is 14.1. The molecule has 0 aromatic heterocycles. The van der Waals surface area contributed by atoms with Gasteiger partial charge in [-0.15, -0.1) is 0 Å². The summed E-state index contributed by atoms with van der Waals surface area (Å²) in [5.74, 6) is 1.62. The van der Waals surface area contributed by atoms with E-state index in [4.69, 9.17) is 9.47 Å². The van der Waals surface area contributed by atoms with Crippen LogP contribution in [0.4, 0.5) is 4.39 Å². The Balaban J connectivity index is 1.56. The molecule has 0 fully saturated rings. The van der Waals surface area contributed by atoms with E-state index in [-0.39, 0.29) is 15.3 Å². The first kappa shape index (κ1) is 21.1. The number of aryl methyl sites for hydroxylation is 1. The molecule has 0 radical (unpaired) electrons. The largest absolute Gasteiger partial charge is 0.494 e. The van der Waals surface area contributed by atoms with Crippen LogP contribution in [0.15, 0.2) is 60.7 Å². The van der Waals surface area contributed by atoms with Crippen LogP contribution >= 0.6 is 0 Å². The number of halogens is 1. The van der Waals surface area contributed by atoms with Crippen LogP contribution in [0, 0.1) is 19.7 Å². The van der Waals surface area contributed by atoms with Crippen molar-refractivity contribution in [3.05, 3.63) is 83.2 Å². The second-order valence-electron chi connectivity index (χ2n) is 7.29. The van der Waals surface area contributed by atoms with E-state index in [9.17, 15) is 4.39 Å². The van der Waals surface area contributed by atoms with Crippen LogP contribution in [0.25, 0.3) is 0 Å². The van der Waals surface area contributed by atoms with Gasteiger partial charge < -0.3 is 9.47 Å². The lowest BCUT2D eigenvalue weighted by molar-refractivity contribution is 0.337. The smallest absolute Gasteiger partial charge is 0.165 e. The third-order valence-corrected chi connectivity index (χ3v) is 7.44. The fourth-order valence-corrected chi connectivity index (χ4v) is 5.28. The van der Waals surface area contributed by atoms with E-state index in [1.807, 2.05) is 49.4 Å². The fraction of sp³-hybridized carbons (Fsp3) is 0.280. The Morgan fingerprint density at radius 1 is 0.897 bits per heavy atom. The van der Waals surface area contributed by atoms with Crippen molar-refractivity contribution in [2.75, 3.05) is 6.61 Å². The third kappa shape index (κ3) is 5.70. The lowest BCUT2D eigenvalue weighted by atomic mass is 10.1. The van der Waals surface area contributed by atoms with E-state index < -0.39 is 0 Å². The van der Waals surface area contributed by atoms with E-state index in [1.54, 1.807) is 0 Å². The summed E-state index contributed by atoms with van der Waals surface area (Å²) in [6.07, 6.45) is 2.04. The maximum Gasteiger partial charge on any atom is 0.165 e. The number of benzene rings is 3. The molecule has 3 aromatic carbocycles. The van der Waals surface area contributed by atoms with Crippen molar-refractivity contribution in [3.63, 3.8) is 0 Å². The third-order valence-electron chi connectivity index (χ3n) is 5.28. The predicted octanol–water partition coefficient (Wildman–Crippen LogP) is 5.48. The molecule has 0 aliphatic carbocycles. The Morgan fingerprint density at radius 3 is 2.45 bits per heavy atom. The molecular formula is C25H29FO2Si. The molecule has 0 amide bonds. The van der Waals surface area contributed by atoms with Crippen molar-refractivity contribution in [1.29, 1.82) is 0 Å². The molecule has 0 bridgehead atoms. The fourth-order valence-electron chi connectivity index (χ4n) is 3.48. The molecule has 0 spiro atoms. The highest BCUT2D eigenvalue weighted by molar-refractivity contribution is 6.54. The lowest BCUT2D eigenvalue weighted by Gasteiger charge is -2.13. The minimum Gasteiger partial charge on any atom is -0.494 e. The lowest BCUT2D eigenvalue weighted by Crippen LogP contribution is -2.19. The Bertz CT molecular complexity index is 941. The number of hydrogen-bond donors (Lipinski definition) is 0. The maximum atomic E-state index is 14.1. The summed E-state index contributed by atoms with van der Waals surface area (Å²) < 4.78 is 25.5. The summed E-state index contributed by atoms with van der Waals surface area (Å²) in [4.78, 5) is 0. The molecule has 0 aliphatic rings. The van der Waals surface area contributed by atoms with E-state index in [0.717, 1.165) is 24.2 Å². The highest BCUT2D eigenvalue weighted by atomic mass is 28.2. The molecule has 0 saturated heterocycles. The molecule has 152 valence electrons. The molecule has 0 saturated carbocycles. The van der Waals surface area contributed by atoms with Crippen LogP contribution < -0.4 is 14.7 Å². The van der Waals surface area contributed by atoms with Gasteiger partial charge in [0.1, 0.15) is 11.5 Å². The summed E-state index contributed by atoms with van der Waals surface area (Å²) in [5.41, 5.74) is 3.76. The summed E-state index contributed by atoms with van der Waals surface area (Å²) in [7, 11) is -0.333. The van der Waals surface area contributed by atoms with Crippen molar-refractivity contribution in [1.82, 2.24) is 0 Å². The highest BCUT2D eigenvalue weighted by Crippen LogP contribution is 2.26. The summed E-state index contributed by atoms with van der Waals surface area (Å²) in [6.45, 7) is 7.06. The average molecular weight is 409 g/mol. The van der Waals surface area contributed by atoms with Gasteiger partial charge in [-0.25, -0.2) is 4.39 Å². The Kier molecular flexibility index (Phi) is 7.47. The van der Waals surface area contributed by atoms with Gasteiger partial charge in [0.05, 0.1) is 16.1 Å². The van der Waals surface area contributed by atoms with Gasteiger partial charge >= 0.3 is 0 Å². The van der Waals surface area contributed by atoms with E-state index in [2.05, 4.69) is 26.0 Å². The Labute approximate surface area is 175 Å². The van der Waals surface area contributed by atoms with Gasteiger partial charge in [-0.1, -0.05) is 48.0 Å². The van der Waals surface area contributed by atoms with Crippen LogP contribution in [0.1, 0.15) is 30.0 Å². The molecule has 0 heterocycles. The summed E-state index contributed by atoms with van der Waals surface area (Å²) >= 11 is 0. The van der Waals surface area contributed by atoms with E-state index in [1.165, 1.54) is 28.4 Å². The highest BCUT2D eigenvalue weighted by Gasteiger charge is 2.09. The first-order valence-corrected chi connectivity index (χ1v) is 12.0. The Hall–Kier alpha value is -2.59. The van der Waals surface area contributed by atoms with Crippen molar-refractivity contribution in [2.24, 2.45) is 0 Å². The molecular weight excluding hydrogens is 379 g/mol. The van der Waals surface area contributed by atoms with Crippen LogP contribution in [0.5, 0.6) is 17.2 Å². The molecule has 3 rings (SSSR count). The predicted molar refractivity (Wildman–Crippen MR) is 121 cm³/mol. The zero-order valence-electron chi connectivity index (χ0n) is 17.5. The van der Waals surface area contributed by atoms with Gasteiger partial charge in [0, 0.05) is 0 Å². The zero-order chi connectivity index (χ0) is 20.6. The van der Waals surface area contributed by atoms with Crippen LogP contribution in [-0.4, -0.2) is 16.1 Å². The summed E-state index contributed by atoms with van der Waals surface area (Å²) in [5, 5.41) is 1.51. The molecule has 2 nitrogen and oxygen atoms in total. The van der Waals surface area contributed by atoms with Crippen LogP contribution in [0.2, 0.25) is 6.04 Å². The Morgan fingerprint density at radius 2 is 1.69 bits per heavy atom. The van der Waals surface area contributed by atoms with Gasteiger partial charge in [-0.2, -0.15) is 0 Å². The SMILES string of the molecule is CCOc1ccc([SiH2]CCCc2ccc(F)c(Oc3ccccc3)c2)c(C)c1C.